The van der Waals surface area contributed by atoms with E-state index in [-0.39, 0.29) is 11.2 Å². The van der Waals surface area contributed by atoms with Crippen LogP contribution in [-0.2, 0) is 0 Å². The average molecular weight is 238 g/mol. The maximum atomic E-state index is 10.8. The lowest BCUT2D eigenvalue weighted by Crippen LogP contribution is -2.37. The highest BCUT2D eigenvalue weighted by atomic mass is 16.6. The Balaban J connectivity index is 5.08. The normalized spacial score (nSPS) is 13.7. The summed E-state index contributed by atoms with van der Waals surface area (Å²) in [7, 11) is 0. The van der Waals surface area contributed by atoms with Crippen LogP contribution in [-0.4, -0.2) is 17.0 Å². The Kier molecular flexibility index (Phi) is 5.82. The molecule has 4 nitrogen and oxygen atoms in total. The lowest BCUT2D eigenvalue weighted by molar-refractivity contribution is -0.420. The van der Waals surface area contributed by atoms with Crippen LogP contribution in [0.3, 0.4) is 0 Å². The van der Waals surface area contributed by atoms with E-state index in [1.807, 2.05) is 46.8 Å². The molecule has 0 fully saturated rings. The van der Waals surface area contributed by atoms with Gasteiger partial charge in [0.2, 0.25) is 0 Å². The van der Waals surface area contributed by atoms with E-state index in [1.54, 1.807) is 0 Å². The topological polar surface area (TPSA) is 55.2 Å². The molecule has 4 heteroatoms. The molecule has 0 unspecified atom stereocenters. The number of rotatable bonds is 5. The highest BCUT2D eigenvalue weighted by Crippen LogP contribution is 2.15. The zero-order valence-electron chi connectivity index (χ0n) is 11.3. The molecule has 0 saturated carbocycles. The van der Waals surface area contributed by atoms with Gasteiger partial charge >= 0.3 is 0 Å². The molecule has 0 atom stereocenters. The summed E-state index contributed by atoms with van der Waals surface area (Å²) < 4.78 is 0. The molecular weight excluding hydrogens is 216 g/mol. The van der Waals surface area contributed by atoms with Crippen LogP contribution in [0.1, 0.15) is 34.6 Å². The first-order valence-electron chi connectivity index (χ1n) is 5.60. The number of hydrogen-bond acceptors (Lipinski definition) is 3. The van der Waals surface area contributed by atoms with Crippen molar-refractivity contribution >= 4 is 0 Å². The fraction of sp³-hybridized carbons (Fsp3) is 0.538. The zero-order chi connectivity index (χ0) is 13.6. The molecule has 0 aromatic heterocycles. The van der Waals surface area contributed by atoms with Crippen LogP contribution in [0, 0.1) is 10.1 Å². The van der Waals surface area contributed by atoms with E-state index in [0.29, 0.717) is 12.1 Å². The predicted octanol–water partition coefficient (Wildman–Crippen LogP) is 3.06. The molecule has 0 aromatic carbocycles. The Morgan fingerprint density at radius 1 is 1.47 bits per heavy atom. The van der Waals surface area contributed by atoms with Crippen molar-refractivity contribution in [3.63, 3.8) is 0 Å². The fourth-order valence-electron chi connectivity index (χ4n) is 1.28. The number of hydrogen-bond donors (Lipinski definition) is 1. The third-order valence-corrected chi connectivity index (χ3v) is 2.26. The maximum absolute atomic E-state index is 10.8. The molecule has 0 spiro atoms. The van der Waals surface area contributed by atoms with Gasteiger partial charge in [-0.05, 0) is 46.8 Å². The number of nitro groups is 1. The van der Waals surface area contributed by atoms with Crippen molar-refractivity contribution in [2.75, 3.05) is 6.54 Å². The van der Waals surface area contributed by atoms with E-state index in [1.165, 1.54) is 0 Å². The second-order valence-corrected chi connectivity index (χ2v) is 4.97. The highest BCUT2D eigenvalue weighted by molar-refractivity contribution is 5.35. The molecule has 0 aliphatic heterocycles. The first-order chi connectivity index (χ1) is 7.69. The molecule has 0 radical (unpaired) electrons. The molecule has 1 N–H and O–H groups in total. The summed E-state index contributed by atoms with van der Waals surface area (Å²) >= 11 is 0. The Morgan fingerprint density at radius 2 is 2.00 bits per heavy atom. The van der Waals surface area contributed by atoms with Crippen molar-refractivity contribution in [3.8, 4) is 0 Å². The van der Waals surface area contributed by atoms with Gasteiger partial charge in [0.25, 0.3) is 5.70 Å². The lowest BCUT2D eigenvalue weighted by Gasteiger charge is -2.21. The maximum Gasteiger partial charge on any atom is 0.267 e. The quantitative estimate of drug-likeness (QED) is 0.455. The SMILES string of the molecule is C=C(/C(CNC(C)(C)C)=C(C)/C=C\C)[N+](=O)[O-]. The standard InChI is InChI=1S/C13H22N2O2/c1-7-8-10(2)12(11(3)15(16)17)9-14-13(4,5)6/h7-8,14H,3,9H2,1-2,4-6H3/b8-7-,12-10+. The summed E-state index contributed by atoms with van der Waals surface area (Å²) in [6.45, 7) is 13.8. The second kappa shape index (κ2) is 6.35. The summed E-state index contributed by atoms with van der Waals surface area (Å²) in [6.07, 6.45) is 3.72. The number of allylic oxidation sites excluding steroid dienone is 3. The number of nitrogens with zero attached hydrogens (tertiary/aromatic N) is 1. The Bertz CT molecular complexity index is 360. The van der Waals surface area contributed by atoms with Crippen molar-refractivity contribution in [2.24, 2.45) is 0 Å². The lowest BCUT2D eigenvalue weighted by atomic mass is 10.0. The largest absolute Gasteiger partial charge is 0.308 e. The van der Waals surface area contributed by atoms with Crippen LogP contribution in [0.2, 0.25) is 0 Å². The minimum atomic E-state index is -0.438. The monoisotopic (exact) mass is 238 g/mol. The molecule has 0 bridgehead atoms. The van der Waals surface area contributed by atoms with Crippen molar-refractivity contribution in [2.45, 2.75) is 40.2 Å². The van der Waals surface area contributed by atoms with E-state index < -0.39 is 4.92 Å². The zero-order valence-corrected chi connectivity index (χ0v) is 11.3. The predicted molar refractivity (Wildman–Crippen MR) is 71.4 cm³/mol. The third-order valence-electron chi connectivity index (χ3n) is 2.26. The average Bonchev–Trinajstić information content (AvgIpc) is 2.16. The minimum Gasteiger partial charge on any atom is -0.308 e. The van der Waals surface area contributed by atoms with Gasteiger partial charge < -0.3 is 5.32 Å². The molecule has 0 aromatic rings. The molecule has 0 amide bonds. The van der Waals surface area contributed by atoms with Gasteiger partial charge in [-0.25, -0.2) is 0 Å². The summed E-state index contributed by atoms with van der Waals surface area (Å²) in [5, 5.41) is 14.0. The third kappa shape index (κ3) is 6.02. The Hall–Kier alpha value is -1.42. The minimum absolute atomic E-state index is 0.0441. The summed E-state index contributed by atoms with van der Waals surface area (Å²) in [4.78, 5) is 10.4. The van der Waals surface area contributed by atoms with Gasteiger partial charge in [0.05, 0.1) is 4.92 Å². The molecule has 0 rings (SSSR count). The van der Waals surface area contributed by atoms with Crippen LogP contribution < -0.4 is 5.32 Å². The highest BCUT2D eigenvalue weighted by Gasteiger charge is 2.18. The molecule has 0 heterocycles. The van der Waals surface area contributed by atoms with Gasteiger partial charge in [0, 0.05) is 17.7 Å². The summed E-state index contributed by atoms with van der Waals surface area (Å²) in [6, 6.07) is 0. The van der Waals surface area contributed by atoms with Gasteiger partial charge in [-0.3, -0.25) is 10.1 Å². The van der Waals surface area contributed by atoms with E-state index in [2.05, 4.69) is 11.9 Å². The molecule has 0 saturated heterocycles. The van der Waals surface area contributed by atoms with Crippen molar-refractivity contribution in [1.82, 2.24) is 5.32 Å². The van der Waals surface area contributed by atoms with Gasteiger partial charge in [0.1, 0.15) is 0 Å². The van der Waals surface area contributed by atoms with Crippen molar-refractivity contribution in [1.29, 1.82) is 0 Å². The van der Waals surface area contributed by atoms with Gasteiger partial charge in [-0.15, -0.1) is 0 Å². The van der Waals surface area contributed by atoms with Crippen LogP contribution in [0.15, 0.2) is 35.6 Å². The fourth-order valence-corrected chi connectivity index (χ4v) is 1.28. The van der Waals surface area contributed by atoms with E-state index in [4.69, 9.17) is 0 Å². The van der Waals surface area contributed by atoms with Crippen molar-refractivity contribution < 1.29 is 4.92 Å². The van der Waals surface area contributed by atoms with E-state index >= 15 is 0 Å². The van der Waals surface area contributed by atoms with Gasteiger partial charge in [-0.1, -0.05) is 12.2 Å². The molecule has 17 heavy (non-hydrogen) atoms. The molecular formula is C13H22N2O2. The van der Waals surface area contributed by atoms with Crippen LogP contribution in [0.25, 0.3) is 0 Å². The summed E-state index contributed by atoms with van der Waals surface area (Å²) in [5.41, 5.74) is 1.38. The van der Waals surface area contributed by atoms with E-state index in [0.717, 1.165) is 5.57 Å². The van der Waals surface area contributed by atoms with Gasteiger partial charge in [-0.2, -0.15) is 0 Å². The first kappa shape index (κ1) is 15.6. The Labute approximate surface area is 103 Å². The Morgan fingerprint density at radius 3 is 2.35 bits per heavy atom. The smallest absolute Gasteiger partial charge is 0.267 e. The van der Waals surface area contributed by atoms with Crippen LogP contribution in [0.4, 0.5) is 0 Å². The number of nitrogens with one attached hydrogen (secondary N) is 1. The van der Waals surface area contributed by atoms with Gasteiger partial charge in [0.15, 0.2) is 0 Å². The second-order valence-electron chi connectivity index (χ2n) is 4.97. The van der Waals surface area contributed by atoms with Crippen LogP contribution >= 0.6 is 0 Å². The van der Waals surface area contributed by atoms with E-state index in [9.17, 15) is 10.1 Å². The molecule has 0 aliphatic carbocycles. The molecule has 0 aliphatic rings. The van der Waals surface area contributed by atoms with Crippen molar-refractivity contribution in [3.05, 3.63) is 45.7 Å². The first-order valence-corrected chi connectivity index (χ1v) is 5.60. The molecule has 96 valence electrons. The summed E-state index contributed by atoms with van der Waals surface area (Å²) in [5.74, 6) is 0. The van der Waals surface area contributed by atoms with Crippen LogP contribution in [0.5, 0.6) is 0 Å².